The van der Waals surface area contributed by atoms with E-state index in [4.69, 9.17) is 0 Å². The number of carbonyl (C=O) groups is 3. The van der Waals surface area contributed by atoms with Gasteiger partial charge in [-0.3, -0.25) is 9.59 Å². The van der Waals surface area contributed by atoms with Crippen LogP contribution in [0.2, 0.25) is 0 Å². The Morgan fingerprint density at radius 1 is 1.33 bits per heavy atom. The maximum Gasteiger partial charge on any atom is 0.228 e. The van der Waals surface area contributed by atoms with E-state index in [2.05, 4.69) is 0 Å². The smallest absolute Gasteiger partial charge is 0.228 e. The Hall–Kier alpha value is -1.51. The van der Waals surface area contributed by atoms with E-state index in [1.807, 2.05) is 0 Å². The minimum Gasteiger partial charge on any atom is -0.303 e. The summed E-state index contributed by atoms with van der Waals surface area (Å²) >= 11 is 0. The summed E-state index contributed by atoms with van der Waals surface area (Å²) in [5.41, 5.74) is 1.01. The molecular formula is C9H8O3. The summed E-state index contributed by atoms with van der Waals surface area (Å²) in [6, 6.07) is 0. The molecule has 1 rings (SSSR count). The minimum atomic E-state index is -0.535. The molecule has 0 fully saturated rings. The van der Waals surface area contributed by atoms with Crippen LogP contribution in [0.4, 0.5) is 0 Å². The van der Waals surface area contributed by atoms with Crippen LogP contribution in [0.1, 0.15) is 13.3 Å². The molecule has 0 aromatic heterocycles. The molecule has 0 aromatic carbocycles. The Bertz CT molecular complexity index is 308. The monoisotopic (exact) mass is 164 g/mol. The van der Waals surface area contributed by atoms with Gasteiger partial charge in [-0.2, -0.15) is 0 Å². The molecule has 0 saturated heterocycles. The lowest BCUT2D eigenvalue weighted by atomic mass is 9.97. The first-order valence-corrected chi connectivity index (χ1v) is 3.56. The van der Waals surface area contributed by atoms with Gasteiger partial charge in [-0.05, 0) is 18.6 Å². The minimum absolute atomic E-state index is 0.191. The summed E-state index contributed by atoms with van der Waals surface area (Å²) in [6.45, 7) is 1.57. The number of Topliss-reactive ketones (excluding diaryl/α,β-unsaturated/α-hetero) is 1. The van der Waals surface area contributed by atoms with E-state index in [1.165, 1.54) is 6.08 Å². The Morgan fingerprint density at radius 2 is 2.00 bits per heavy atom. The van der Waals surface area contributed by atoms with Crippen LogP contribution in [0.25, 0.3) is 0 Å². The quantitative estimate of drug-likeness (QED) is 0.341. The van der Waals surface area contributed by atoms with Gasteiger partial charge in [-0.1, -0.05) is 6.08 Å². The van der Waals surface area contributed by atoms with Gasteiger partial charge in [0.25, 0.3) is 0 Å². The number of allylic oxidation sites excluding steroid dienone is 4. The SMILES string of the molecule is CC1=CC(CC=O)=CC(=O)C1=O. The molecular weight excluding hydrogens is 156 g/mol. The second-order valence-electron chi connectivity index (χ2n) is 2.61. The summed E-state index contributed by atoms with van der Waals surface area (Å²) < 4.78 is 0. The van der Waals surface area contributed by atoms with Crippen molar-refractivity contribution in [2.75, 3.05) is 0 Å². The van der Waals surface area contributed by atoms with Crippen LogP contribution >= 0.6 is 0 Å². The van der Waals surface area contributed by atoms with Gasteiger partial charge in [0.1, 0.15) is 6.29 Å². The highest BCUT2D eigenvalue weighted by Gasteiger charge is 2.18. The molecule has 0 spiro atoms. The molecule has 0 bridgehead atoms. The first kappa shape index (κ1) is 8.59. The molecule has 0 aliphatic heterocycles. The number of ketones is 2. The lowest BCUT2D eigenvalue weighted by Gasteiger charge is -2.05. The van der Waals surface area contributed by atoms with Crippen molar-refractivity contribution in [1.82, 2.24) is 0 Å². The van der Waals surface area contributed by atoms with Gasteiger partial charge in [-0.25, -0.2) is 0 Å². The average molecular weight is 164 g/mol. The van der Waals surface area contributed by atoms with E-state index in [0.717, 1.165) is 0 Å². The maximum atomic E-state index is 10.9. The van der Waals surface area contributed by atoms with E-state index in [9.17, 15) is 14.4 Å². The Kier molecular flexibility index (Phi) is 2.33. The lowest BCUT2D eigenvalue weighted by molar-refractivity contribution is -0.131. The third-order valence-electron chi connectivity index (χ3n) is 1.62. The summed E-state index contributed by atoms with van der Waals surface area (Å²) in [7, 11) is 0. The van der Waals surface area contributed by atoms with Crippen LogP contribution in [-0.4, -0.2) is 17.9 Å². The fourth-order valence-corrected chi connectivity index (χ4v) is 1.03. The molecule has 0 saturated carbocycles. The molecule has 0 amide bonds. The average Bonchev–Trinajstić information content (AvgIpc) is 2.01. The number of rotatable bonds is 2. The Balaban J connectivity index is 2.94. The highest BCUT2D eigenvalue weighted by atomic mass is 16.2. The van der Waals surface area contributed by atoms with Gasteiger partial charge in [0, 0.05) is 12.0 Å². The molecule has 0 N–H and O–H groups in total. The summed E-state index contributed by atoms with van der Waals surface area (Å²) in [5.74, 6) is -1.02. The van der Waals surface area contributed by atoms with Crippen LogP contribution in [0.15, 0.2) is 23.3 Å². The zero-order chi connectivity index (χ0) is 9.14. The largest absolute Gasteiger partial charge is 0.303 e. The van der Waals surface area contributed by atoms with Crippen molar-refractivity contribution in [3.63, 3.8) is 0 Å². The van der Waals surface area contributed by atoms with Crippen LogP contribution in [-0.2, 0) is 14.4 Å². The van der Waals surface area contributed by atoms with Crippen LogP contribution in [0, 0.1) is 0 Å². The van der Waals surface area contributed by atoms with Crippen molar-refractivity contribution in [2.45, 2.75) is 13.3 Å². The van der Waals surface area contributed by atoms with Crippen molar-refractivity contribution in [2.24, 2.45) is 0 Å². The molecule has 12 heavy (non-hydrogen) atoms. The zero-order valence-electron chi connectivity index (χ0n) is 6.66. The predicted molar refractivity (Wildman–Crippen MR) is 42.5 cm³/mol. The highest BCUT2D eigenvalue weighted by Crippen LogP contribution is 2.13. The summed E-state index contributed by atoms with van der Waals surface area (Å²) in [5, 5.41) is 0. The van der Waals surface area contributed by atoms with Gasteiger partial charge >= 0.3 is 0 Å². The normalized spacial score (nSPS) is 17.1. The highest BCUT2D eigenvalue weighted by molar-refractivity contribution is 6.48. The number of carbonyl (C=O) groups excluding carboxylic acids is 3. The molecule has 0 unspecified atom stereocenters. The Morgan fingerprint density at radius 3 is 2.50 bits per heavy atom. The van der Waals surface area contributed by atoms with Gasteiger partial charge in [0.15, 0.2) is 0 Å². The van der Waals surface area contributed by atoms with Crippen molar-refractivity contribution >= 4 is 17.9 Å². The standard InChI is InChI=1S/C9H8O3/c1-6-4-7(2-3-10)5-8(11)9(6)12/h3-5H,2H2,1H3. The van der Waals surface area contributed by atoms with E-state index in [-0.39, 0.29) is 6.42 Å². The van der Waals surface area contributed by atoms with Crippen LogP contribution < -0.4 is 0 Å². The molecule has 62 valence electrons. The molecule has 0 aromatic rings. The number of aldehydes is 1. The molecule has 3 nitrogen and oxygen atoms in total. The van der Waals surface area contributed by atoms with E-state index >= 15 is 0 Å². The van der Waals surface area contributed by atoms with Gasteiger partial charge in [0.2, 0.25) is 11.6 Å². The number of hydrogen-bond donors (Lipinski definition) is 0. The molecule has 0 radical (unpaired) electrons. The maximum absolute atomic E-state index is 10.9. The predicted octanol–water partition coefficient (Wildman–Crippen LogP) is 0.600. The molecule has 3 heteroatoms. The van der Waals surface area contributed by atoms with E-state index in [1.54, 1.807) is 13.0 Å². The molecule has 1 aliphatic rings. The second-order valence-corrected chi connectivity index (χ2v) is 2.61. The van der Waals surface area contributed by atoms with Crippen LogP contribution in [0.3, 0.4) is 0 Å². The van der Waals surface area contributed by atoms with Gasteiger partial charge < -0.3 is 4.79 Å². The fraction of sp³-hybridized carbons (Fsp3) is 0.222. The number of hydrogen-bond acceptors (Lipinski definition) is 3. The summed E-state index contributed by atoms with van der Waals surface area (Å²) in [4.78, 5) is 31.9. The Labute approximate surface area is 69.8 Å². The van der Waals surface area contributed by atoms with E-state index in [0.29, 0.717) is 17.4 Å². The fourth-order valence-electron chi connectivity index (χ4n) is 1.03. The molecule has 0 heterocycles. The third-order valence-corrected chi connectivity index (χ3v) is 1.62. The van der Waals surface area contributed by atoms with Gasteiger partial charge in [-0.15, -0.1) is 0 Å². The second kappa shape index (κ2) is 3.26. The van der Waals surface area contributed by atoms with Crippen molar-refractivity contribution in [3.05, 3.63) is 23.3 Å². The first-order chi connectivity index (χ1) is 5.65. The lowest BCUT2D eigenvalue weighted by Crippen LogP contribution is -2.16. The zero-order valence-corrected chi connectivity index (χ0v) is 6.66. The van der Waals surface area contributed by atoms with Crippen molar-refractivity contribution in [1.29, 1.82) is 0 Å². The van der Waals surface area contributed by atoms with Crippen LogP contribution in [0.5, 0.6) is 0 Å². The first-order valence-electron chi connectivity index (χ1n) is 3.56. The molecule has 0 atom stereocenters. The molecule has 1 aliphatic carbocycles. The van der Waals surface area contributed by atoms with E-state index < -0.39 is 11.6 Å². The topological polar surface area (TPSA) is 51.2 Å². The van der Waals surface area contributed by atoms with Crippen molar-refractivity contribution in [3.8, 4) is 0 Å². The summed E-state index contributed by atoms with van der Waals surface area (Å²) in [6.07, 6.45) is 3.68. The van der Waals surface area contributed by atoms with Crippen molar-refractivity contribution < 1.29 is 14.4 Å². The third kappa shape index (κ3) is 1.56. The van der Waals surface area contributed by atoms with Gasteiger partial charge in [0.05, 0.1) is 0 Å².